The minimum atomic E-state index is -3.75. The normalized spacial score (nSPS) is 11.5. The molecule has 7 heteroatoms. The summed E-state index contributed by atoms with van der Waals surface area (Å²) in [7, 11) is -2.46. The summed E-state index contributed by atoms with van der Waals surface area (Å²) in [5.41, 5.74) is 0. The summed E-state index contributed by atoms with van der Waals surface area (Å²) < 4.78 is 29.6. The predicted molar refractivity (Wildman–Crippen MR) is 64.6 cm³/mol. The summed E-state index contributed by atoms with van der Waals surface area (Å²) >= 11 is 0. The van der Waals surface area contributed by atoms with Gasteiger partial charge in [0.2, 0.25) is 10.0 Å². The lowest BCUT2D eigenvalue weighted by molar-refractivity contribution is -0.143. The molecule has 1 rings (SSSR count). The molecule has 0 unspecified atom stereocenters. The molecule has 1 aromatic carbocycles. The first-order valence-corrected chi connectivity index (χ1v) is 6.73. The Bertz CT molecular complexity index is 509. The van der Waals surface area contributed by atoms with Crippen molar-refractivity contribution in [3.05, 3.63) is 24.3 Å². The van der Waals surface area contributed by atoms with Gasteiger partial charge >= 0.3 is 5.97 Å². The summed E-state index contributed by atoms with van der Waals surface area (Å²) in [5.74, 6) is -0.635. The van der Waals surface area contributed by atoms with Crippen LogP contribution in [0.3, 0.4) is 0 Å². The van der Waals surface area contributed by atoms with E-state index in [1.165, 1.54) is 31.3 Å². The molecule has 0 saturated heterocycles. The number of ether oxygens (including phenoxy) is 1. The molecule has 100 valence electrons. The van der Waals surface area contributed by atoms with E-state index in [1.54, 1.807) is 6.92 Å². The number of benzene rings is 1. The quantitative estimate of drug-likeness (QED) is 0.793. The molecule has 0 saturated carbocycles. The second-order valence-corrected chi connectivity index (χ2v) is 5.60. The van der Waals surface area contributed by atoms with Crippen LogP contribution in [-0.4, -0.2) is 44.0 Å². The monoisotopic (exact) mass is 273 g/mol. The van der Waals surface area contributed by atoms with Crippen LogP contribution in [0.1, 0.15) is 6.92 Å². The lowest BCUT2D eigenvalue weighted by Crippen LogP contribution is -2.33. The van der Waals surface area contributed by atoms with Gasteiger partial charge in [-0.1, -0.05) is 0 Å². The number of hydrogen-bond acceptors (Lipinski definition) is 5. The second kappa shape index (κ2) is 5.83. The third-order valence-electron chi connectivity index (χ3n) is 2.20. The number of esters is 1. The minimum absolute atomic E-state index is 0.00657. The number of carbonyl (C=O) groups is 1. The molecule has 18 heavy (non-hydrogen) atoms. The van der Waals surface area contributed by atoms with Crippen LogP contribution in [0.5, 0.6) is 5.75 Å². The Balaban J connectivity index is 2.86. The lowest BCUT2D eigenvalue weighted by atomic mass is 10.3. The van der Waals surface area contributed by atoms with E-state index >= 15 is 0 Å². The fourth-order valence-corrected chi connectivity index (χ4v) is 2.39. The first kappa shape index (κ1) is 14.5. The van der Waals surface area contributed by atoms with Gasteiger partial charge in [-0.25, -0.2) is 8.42 Å². The number of phenolic OH excluding ortho intramolecular Hbond substituents is 1. The van der Waals surface area contributed by atoms with Crippen LogP contribution in [0.25, 0.3) is 0 Å². The van der Waals surface area contributed by atoms with Gasteiger partial charge in [0.05, 0.1) is 11.5 Å². The van der Waals surface area contributed by atoms with Gasteiger partial charge in [0.15, 0.2) is 0 Å². The smallest absolute Gasteiger partial charge is 0.321 e. The van der Waals surface area contributed by atoms with Crippen molar-refractivity contribution in [2.75, 3.05) is 20.2 Å². The molecule has 0 aromatic heterocycles. The van der Waals surface area contributed by atoms with Crippen LogP contribution in [0.2, 0.25) is 0 Å². The maximum Gasteiger partial charge on any atom is 0.321 e. The van der Waals surface area contributed by atoms with Gasteiger partial charge < -0.3 is 9.84 Å². The summed E-state index contributed by atoms with van der Waals surface area (Å²) in [5, 5.41) is 9.09. The van der Waals surface area contributed by atoms with E-state index in [0.717, 1.165) is 4.31 Å². The van der Waals surface area contributed by atoms with Crippen molar-refractivity contribution in [2.45, 2.75) is 11.8 Å². The van der Waals surface area contributed by atoms with Gasteiger partial charge in [-0.3, -0.25) is 4.79 Å². The average Bonchev–Trinajstić information content (AvgIpc) is 2.29. The zero-order chi connectivity index (χ0) is 13.8. The van der Waals surface area contributed by atoms with Crippen LogP contribution in [0.15, 0.2) is 29.2 Å². The Morgan fingerprint density at radius 3 is 2.39 bits per heavy atom. The maximum absolute atomic E-state index is 12.0. The van der Waals surface area contributed by atoms with Crippen molar-refractivity contribution in [3.63, 3.8) is 0 Å². The highest BCUT2D eigenvalue weighted by atomic mass is 32.2. The number of likely N-dealkylation sites (N-methyl/N-ethyl adjacent to an activating group) is 1. The van der Waals surface area contributed by atoms with Crippen molar-refractivity contribution in [3.8, 4) is 5.75 Å². The minimum Gasteiger partial charge on any atom is -0.508 e. The van der Waals surface area contributed by atoms with Crippen LogP contribution >= 0.6 is 0 Å². The molecular weight excluding hydrogens is 258 g/mol. The molecule has 1 aromatic rings. The van der Waals surface area contributed by atoms with Gasteiger partial charge in [-0.15, -0.1) is 0 Å². The molecule has 0 bridgehead atoms. The van der Waals surface area contributed by atoms with Gasteiger partial charge in [0.25, 0.3) is 0 Å². The number of carbonyl (C=O) groups excluding carboxylic acids is 1. The van der Waals surface area contributed by atoms with E-state index in [9.17, 15) is 13.2 Å². The zero-order valence-corrected chi connectivity index (χ0v) is 11.0. The molecule has 0 spiro atoms. The molecule has 0 heterocycles. The number of aromatic hydroxyl groups is 1. The molecule has 0 aliphatic carbocycles. The number of hydrogen-bond donors (Lipinski definition) is 1. The molecule has 0 aliphatic heterocycles. The lowest BCUT2D eigenvalue weighted by Gasteiger charge is -2.16. The van der Waals surface area contributed by atoms with E-state index in [4.69, 9.17) is 5.11 Å². The topological polar surface area (TPSA) is 83.9 Å². The summed E-state index contributed by atoms with van der Waals surface area (Å²) in [4.78, 5) is 11.2. The fourth-order valence-electron chi connectivity index (χ4n) is 1.27. The Morgan fingerprint density at radius 2 is 1.89 bits per heavy atom. The number of phenols is 1. The zero-order valence-electron chi connectivity index (χ0n) is 10.2. The van der Waals surface area contributed by atoms with Crippen LogP contribution in [-0.2, 0) is 19.6 Å². The van der Waals surface area contributed by atoms with Crippen LogP contribution < -0.4 is 0 Å². The largest absolute Gasteiger partial charge is 0.508 e. The highest BCUT2D eigenvalue weighted by molar-refractivity contribution is 7.89. The molecule has 0 amide bonds. The molecular formula is C11H15NO5S. The van der Waals surface area contributed by atoms with Gasteiger partial charge in [-0.05, 0) is 31.2 Å². The molecule has 6 nitrogen and oxygen atoms in total. The SMILES string of the molecule is CCOC(=O)CN(C)S(=O)(=O)c1ccc(O)cc1. The van der Waals surface area contributed by atoms with E-state index < -0.39 is 16.0 Å². The molecule has 0 radical (unpaired) electrons. The third-order valence-corrected chi connectivity index (χ3v) is 4.02. The van der Waals surface area contributed by atoms with Crippen LogP contribution in [0.4, 0.5) is 0 Å². The first-order chi connectivity index (χ1) is 8.37. The van der Waals surface area contributed by atoms with Crippen molar-refractivity contribution >= 4 is 16.0 Å². The van der Waals surface area contributed by atoms with Crippen molar-refractivity contribution < 1.29 is 23.1 Å². The second-order valence-electron chi connectivity index (χ2n) is 3.56. The molecule has 0 fully saturated rings. The predicted octanol–water partition coefficient (Wildman–Crippen LogP) is 0.576. The van der Waals surface area contributed by atoms with E-state index in [-0.39, 0.29) is 23.8 Å². The van der Waals surface area contributed by atoms with Gasteiger partial charge in [0.1, 0.15) is 12.3 Å². The Hall–Kier alpha value is -1.60. The Morgan fingerprint density at radius 1 is 1.33 bits per heavy atom. The molecule has 1 N–H and O–H groups in total. The summed E-state index contributed by atoms with van der Waals surface area (Å²) in [6, 6.07) is 5.08. The van der Waals surface area contributed by atoms with Crippen LogP contribution in [0, 0.1) is 0 Å². The van der Waals surface area contributed by atoms with Crippen molar-refractivity contribution in [2.24, 2.45) is 0 Å². The van der Waals surface area contributed by atoms with Gasteiger partial charge in [-0.2, -0.15) is 4.31 Å². The summed E-state index contributed by atoms with van der Waals surface area (Å²) in [6.07, 6.45) is 0. The number of nitrogens with zero attached hydrogens (tertiary/aromatic N) is 1. The third kappa shape index (κ3) is 3.44. The standard InChI is InChI=1S/C11H15NO5S/c1-3-17-11(14)8-12(2)18(15,16)10-6-4-9(13)5-7-10/h4-7,13H,3,8H2,1-2H3. The molecule has 0 atom stereocenters. The van der Waals surface area contributed by atoms with Crippen molar-refractivity contribution in [1.82, 2.24) is 4.31 Å². The Kier molecular flexibility index (Phi) is 4.69. The number of rotatable bonds is 5. The first-order valence-electron chi connectivity index (χ1n) is 5.29. The highest BCUT2D eigenvalue weighted by Crippen LogP contribution is 2.17. The van der Waals surface area contributed by atoms with E-state index in [0.29, 0.717) is 0 Å². The number of sulfonamides is 1. The van der Waals surface area contributed by atoms with Crippen molar-refractivity contribution in [1.29, 1.82) is 0 Å². The van der Waals surface area contributed by atoms with Gasteiger partial charge in [0, 0.05) is 7.05 Å². The average molecular weight is 273 g/mol. The Labute approximate surface area is 106 Å². The van der Waals surface area contributed by atoms with E-state index in [2.05, 4.69) is 4.74 Å². The maximum atomic E-state index is 12.0. The highest BCUT2D eigenvalue weighted by Gasteiger charge is 2.23. The molecule has 0 aliphatic rings. The van der Waals surface area contributed by atoms with E-state index in [1.807, 2.05) is 0 Å². The fraction of sp³-hybridized carbons (Fsp3) is 0.364. The summed E-state index contributed by atoms with van der Waals surface area (Å²) in [6.45, 7) is 1.50.